The molecule has 0 atom stereocenters. The van der Waals surface area contributed by atoms with Gasteiger partial charge in [-0.3, -0.25) is 0 Å². The number of aromatic nitrogens is 4. The zero-order chi connectivity index (χ0) is 15.4. The first kappa shape index (κ1) is 14.2. The molecule has 0 saturated heterocycles. The van der Waals surface area contributed by atoms with Gasteiger partial charge >= 0.3 is 0 Å². The molecule has 0 bridgehead atoms. The number of halogens is 2. The number of nitrogens with two attached hydrogens (primary N) is 2. The Labute approximate surface area is 149 Å². The van der Waals surface area contributed by atoms with E-state index in [1.54, 1.807) is 0 Å². The van der Waals surface area contributed by atoms with Crippen molar-refractivity contribution in [3.8, 4) is 11.1 Å². The van der Waals surface area contributed by atoms with Crippen molar-refractivity contribution in [1.82, 2.24) is 17.5 Å². The molecule has 110 valence electrons. The monoisotopic (exact) mass is 456 g/mol. The largest absolute Gasteiger partial charge is 0.398 e. The van der Waals surface area contributed by atoms with Gasteiger partial charge in [-0.2, -0.15) is 17.5 Å². The fraction of sp³-hybridized carbons (Fsp3) is 0. The summed E-state index contributed by atoms with van der Waals surface area (Å²) in [7, 11) is 0. The van der Waals surface area contributed by atoms with E-state index in [2.05, 4.69) is 49.4 Å². The van der Waals surface area contributed by atoms with Gasteiger partial charge in [0.1, 0.15) is 22.1 Å². The molecule has 0 aliphatic carbocycles. The molecule has 4 N–H and O–H groups in total. The van der Waals surface area contributed by atoms with E-state index in [-0.39, 0.29) is 0 Å². The number of rotatable bonds is 1. The van der Waals surface area contributed by atoms with Crippen molar-refractivity contribution >= 4 is 88.8 Å². The number of nitrogens with zero attached hydrogens (tertiary/aromatic N) is 4. The Morgan fingerprint density at radius 2 is 1.05 bits per heavy atom. The number of hydrogen-bond donors (Lipinski definition) is 2. The van der Waals surface area contributed by atoms with Gasteiger partial charge in [-0.25, -0.2) is 0 Å². The van der Waals surface area contributed by atoms with E-state index < -0.39 is 0 Å². The average Bonchev–Trinajstić information content (AvgIpc) is 3.11. The first-order chi connectivity index (χ1) is 10.6. The molecule has 0 aliphatic rings. The van der Waals surface area contributed by atoms with Crippen LogP contribution in [0.1, 0.15) is 0 Å². The Hall–Kier alpha value is -1.36. The molecule has 4 rings (SSSR count). The molecule has 0 aliphatic heterocycles. The van der Waals surface area contributed by atoms with Crippen molar-refractivity contribution in [2.45, 2.75) is 0 Å². The zero-order valence-corrected chi connectivity index (χ0v) is 15.5. The van der Waals surface area contributed by atoms with Crippen LogP contribution in [0.4, 0.5) is 11.4 Å². The van der Waals surface area contributed by atoms with Crippen LogP contribution in [0.2, 0.25) is 0 Å². The van der Waals surface area contributed by atoms with Gasteiger partial charge in [-0.1, -0.05) is 0 Å². The van der Waals surface area contributed by atoms with Crippen molar-refractivity contribution < 1.29 is 0 Å². The van der Waals surface area contributed by atoms with Crippen LogP contribution in [0.25, 0.3) is 33.2 Å². The van der Waals surface area contributed by atoms with Crippen LogP contribution in [0.15, 0.2) is 21.1 Å². The summed E-state index contributed by atoms with van der Waals surface area (Å²) < 4.78 is 19.0. The summed E-state index contributed by atoms with van der Waals surface area (Å²) in [5, 5.41) is 0. The Balaban J connectivity index is 2.21. The molecule has 2 aromatic carbocycles. The van der Waals surface area contributed by atoms with Gasteiger partial charge < -0.3 is 11.5 Å². The van der Waals surface area contributed by atoms with Gasteiger partial charge in [-0.05, 0) is 44.0 Å². The first-order valence-electron chi connectivity index (χ1n) is 5.98. The summed E-state index contributed by atoms with van der Waals surface area (Å²) in [6, 6.07) is 3.62. The van der Waals surface area contributed by atoms with E-state index in [1.165, 1.54) is 0 Å². The second-order valence-corrected chi connectivity index (χ2v) is 7.33. The highest BCUT2D eigenvalue weighted by Crippen LogP contribution is 2.44. The van der Waals surface area contributed by atoms with E-state index in [0.717, 1.165) is 54.6 Å². The van der Waals surface area contributed by atoms with Crippen LogP contribution in [-0.4, -0.2) is 17.5 Å². The topological polar surface area (TPSA) is 104 Å². The van der Waals surface area contributed by atoms with Crippen LogP contribution in [0, 0.1) is 0 Å². The predicted octanol–water partition coefficient (Wildman–Crippen LogP) is 4.05. The van der Waals surface area contributed by atoms with Crippen LogP contribution in [0.5, 0.6) is 0 Å². The highest BCUT2D eigenvalue weighted by atomic mass is 79.9. The van der Waals surface area contributed by atoms with Crippen molar-refractivity contribution in [2.75, 3.05) is 11.5 Å². The number of benzene rings is 2. The maximum atomic E-state index is 6.24. The Morgan fingerprint density at radius 1 is 0.682 bits per heavy atom. The molecule has 10 heteroatoms. The summed E-state index contributed by atoms with van der Waals surface area (Å²) in [5.41, 5.74) is 18.0. The van der Waals surface area contributed by atoms with Crippen LogP contribution < -0.4 is 11.5 Å². The summed E-state index contributed by atoms with van der Waals surface area (Å²) in [4.78, 5) is 0. The third-order valence-electron chi connectivity index (χ3n) is 3.29. The normalized spacial score (nSPS) is 11.5. The third-order valence-corrected chi connectivity index (χ3v) is 5.56. The molecule has 0 radical (unpaired) electrons. The minimum Gasteiger partial charge on any atom is -0.398 e. The fourth-order valence-electron chi connectivity index (χ4n) is 2.37. The highest BCUT2D eigenvalue weighted by Gasteiger charge is 2.21. The zero-order valence-electron chi connectivity index (χ0n) is 10.7. The number of hydrogen-bond acceptors (Lipinski definition) is 8. The molecule has 0 spiro atoms. The van der Waals surface area contributed by atoms with Gasteiger partial charge in [0.2, 0.25) is 0 Å². The number of anilines is 2. The van der Waals surface area contributed by atoms with E-state index in [9.17, 15) is 0 Å². The van der Waals surface area contributed by atoms with Crippen LogP contribution in [-0.2, 0) is 0 Å². The van der Waals surface area contributed by atoms with Crippen molar-refractivity contribution in [1.29, 1.82) is 0 Å². The first-order valence-corrected chi connectivity index (χ1v) is 9.03. The second kappa shape index (κ2) is 5.08. The van der Waals surface area contributed by atoms with Gasteiger partial charge in [0.05, 0.1) is 23.5 Å². The molecule has 2 heterocycles. The predicted molar refractivity (Wildman–Crippen MR) is 98.0 cm³/mol. The van der Waals surface area contributed by atoms with E-state index in [1.807, 2.05) is 12.1 Å². The SMILES string of the molecule is Nc1cc(Br)c2nsnc2c1-c1c(N)cc(Br)c2nsnc12. The van der Waals surface area contributed by atoms with E-state index in [0.29, 0.717) is 22.4 Å². The minimum atomic E-state index is 0.565. The molecule has 4 aromatic rings. The lowest BCUT2D eigenvalue weighted by atomic mass is 9.99. The van der Waals surface area contributed by atoms with E-state index >= 15 is 0 Å². The van der Waals surface area contributed by atoms with Gasteiger partial charge in [0, 0.05) is 31.4 Å². The molecule has 2 aromatic heterocycles. The lowest BCUT2D eigenvalue weighted by molar-refractivity contribution is 1.56. The highest BCUT2D eigenvalue weighted by molar-refractivity contribution is 9.11. The second-order valence-electron chi connectivity index (χ2n) is 4.57. The Kier molecular flexibility index (Phi) is 3.29. The molecule has 0 amide bonds. The summed E-state index contributed by atoms with van der Waals surface area (Å²) >= 11 is 9.19. The minimum absolute atomic E-state index is 0.565. The number of nitrogen functional groups attached to an aromatic ring is 2. The molecule has 0 fully saturated rings. The van der Waals surface area contributed by atoms with Crippen molar-refractivity contribution in [2.24, 2.45) is 0 Å². The lowest BCUT2D eigenvalue weighted by Crippen LogP contribution is -1.98. The van der Waals surface area contributed by atoms with Gasteiger partial charge in [0.25, 0.3) is 0 Å². The molecule has 0 saturated carbocycles. The van der Waals surface area contributed by atoms with Crippen molar-refractivity contribution in [3.05, 3.63) is 21.1 Å². The smallest absolute Gasteiger partial charge is 0.119 e. The standard InChI is InChI=1S/C12H6Br2N6S2/c13-3-1-5(15)7(11-9(3)17-21-19-11)8-6(16)2-4(14)10-12(8)20-22-18-10/h1-2H,15-16H2. The average molecular weight is 458 g/mol. The number of fused-ring (bicyclic) bond motifs is 2. The molecule has 22 heavy (non-hydrogen) atoms. The van der Waals surface area contributed by atoms with Gasteiger partial charge in [0.15, 0.2) is 0 Å². The lowest BCUT2D eigenvalue weighted by Gasteiger charge is -2.11. The molecule has 0 unspecified atom stereocenters. The molecule has 6 nitrogen and oxygen atoms in total. The maximum absolute atomic E-state index is 6.24. The molecular weight excluding hydrogens is 452 g/mol. The Bertz CT molecular complexity index is 957. The fourth-order valence-corrected chi connectivity index (χ4v) is 4.79. The maximum Gasteiger partial charge on any atom is 0.119 e. The Morgan fingerprint density at radius 3 is 1.45 bits per heavy atom. The summed E-state index contributed by atoms with van der Waals surface area (Å²) in [6.45, 7) is 0. The van der Waals surface area contributed by atoms with Crippen molar-refractivity contribution in [3.63, 3.8) is 0 Å². The van der Waals surface area contributed by atoms with Gasteiger partial charge in [-0.15, -0.1) is 0 Å². The van der Waals surface area contributed by atoms with Crippen LogP contribution in [0.3, 0.4) is 0 Å². The third kappa shape index (κ3) is 1.94. The quantitative estimate of drug-likeness (QED) is 0.418. The molecular formula is C12H6Br2N6S2. The summed E-state index contributed by atoms with van der Waals surface area (Å²) in [5.74, 6) is 0. The van der Waals surface area contributed by atoms with E-state index in [4.69, 9.17) is 11.5 Å². The van der Waals surface area contributed by atoms with Crippen LogP contribution >= 0.6 is 55.3 Å². The summed E-state index contributed by atoms with van der Waals surface area (Å²) in [6.07, 6.45) is 0.